The maximum absolute atomic E-state index is 12.2. The molecule has 0 amide bonds. The minimum Gasteiger partial charge on any atom is -0.493 e. The normalized spacial score (nSPS) is 10.9. The highest BCUT2D eigenvalue weighted by Crippen LogP contribution is 2.26. The number of ether oxygens (including phenoxy) is 1. The van der Waals surface area contributed by atoms with Crippen molar-refractivity contribution >= 4 is 10.9 Å². The van der Waals surface area contributed by atoms with Gasteiger partial charge in [0, 0.05) is 18.1 Å². The van der Waals surface area contributed by atoms with E-state index >= 15 is 0 Å². The average Bonchev–Trinajstić information content (AvgIpc) is 2.77. The average molecular weight is 235 g/mol. The van der Waals surface area contributed by atoms with Gasteiger partial charge in [0.05, 0.1) is 18.8 Å². The molecule has 1 aromatic carbocycles. The lowest BCUT2D eigenvalue weighted by molar-refractivity contribution is 0.321. The van der Waals surface area contributed by atoms with Crippen molar-refractivity contribution in [2.24, 2.45) is 0 Å². The predicted octanol–water partition coefficient (Wildman–Crippen LogP) is 3.79. The Morgan fingerprint density at radius 3 is 2.94 bits per heavy atom. The molecule has 0 aliphatic heterocycles. The molecule has 0 spiro atoms. The summed E-state index contributed by atoms with van der Waals surface area (Å²) in [6.07, 6.45) is 3.56. The van der Waals surface area contributed by atoms with Gasteiger partial charge in [-0.25, -0.2) is 0 Å². The fourth-order valence-electron chi connectivity index (χ4n) is 1.96. The molecule has 1 heterocycles. The lowest BCUT2D eigenvalue weighted by atomic mass is 10.2. The summed E-state index contributed by atoms with van der Waals surface area (Å²) in [4.78, 5) is 0. The van der Waals surface area contributed by atoms with E-state index in [1.165, 1.54) is 0 Å². The molecular weight excluding hydrogens is 217 g/mol. The summed E-state index contributed by atoms with van der Waals surface area (Å²) in [6, 6.07) is 8.06. The zero-order valence-corrected chi connectivity index (χ0v) is 10.2. The van der Waals surface area contributed by atoms with Gasteiger partial charge in [0.2, 0.25) is 0 Å². The van der Waals surface area contributed by atoms with Crippen LogP contribution in [0.1, 0.15) is 19.8 Å². The van der Waals surface area contributed by atoms with Crippen molar-refractivity contribution in [2.45, 2.75) is 26.3 Å². The standard InChI is InChI=1S/C14H18FNO/c1-2-11-17-14-6-3-5-13-12(14)7-10-16(13)9-4-8-15/h3,5-7,10H,2,4,8-9,11H2,1H3. The Kier molecular flexibility index (Phi) is 4.02. The molecule has 0 unspecified atom stereocenters. The number of hydrogen-bond acceptors (Lipinski definition) is 1. The first-order chi connectivity index (χ1) is 8.36. The van der Waals surface area contributed by atoms with E-state index in [1.807, 2.05) is 30.5 Å². The molecule has 0 radical (unpaired) electrons. The topological polar surface area (TPSA) is 14.2 Å². The summed E-state index contributed by atoms with van der Waals surface area (Å²) in [6.45, 7) is 3.27. The van der Waals surface area contributed by atoms with Crippen LogP contribution < -0.4 is 4.74 Å². The molecule has 2 rings (SSSR count). The van der Waals surface area contributed by atoms with Crippen LogP contribution in [0.15, 0.2) is 30.5 Å². The lowest BCUT2D eigenvalue weighted by Gasteiger charge is -2.07. The van der Waals surface area contributed by atoms with Crippen molar-refractivity contribution in [2.75, 3.05) is 13.3 Å². The first-order valence-electron chi connectivity index (χ1n) is 6.13. The lowest BCUT2D eigenvalue weighted by Crippen LogP contribution is -1.98. The number of nitrogens with zero attached hydrogens (tertiary/aromatic N) is 1. The van der Waals surface area contributed by atoms with Crippen molar-refractivity contribution < 1.29 is 9.13 Å². The molecule has 0 aliphatic rings. The summed E-state index contributed by atoms with van der Waals surface area (Å²) in [5.74, 6) is 0.920. The highest BCUT2D eigenvalue weighted by Gasteiger charge is 2.05. The Morgan fingerprint density at radius 2 is 2.18 bits per heavy atom. The van der Waals surface area contributed by atoms with Gasteiger partial charge in [-0.05, 0) is 31.0 Å². The maximum atomic E-state index is 12.2. The number of aryl methyl sites for hydroxylation is 1. The maximum Gasteiger partial charge on any atom is 0.128 e. The third-order valence-electron chi connectivity index (χ3n) is 2.77. The van der Waals surface area contributed by atoms with Gasteiger partial charge in [-0.15, -0.1) is 0 Å². The Hall–Kier alpha value is -1.51. The summed E-state index contributed by atoms with van der Waals surface area (Å²) in [7, 11) is 0. The molecule has 2 nitrogen and oxygen atoms in total. The van der Waals surface area contributed by atoms with Crippen LogP contribution in [0, 0.1) is 0 Å². The third kappa shape index (κ3) is 2.60. The zero-order valence-electron chi connectivity index (χ0n) is 10.2. The molecule has 17 heavy (non-hydrogen) atoms. The third-order valence-corrected chi connectivity index (χ3v) is 2.77. The molecule has 0 aliphatic carbocycles. The van der Waals surface area contributed by atoms with Crippen LogP contribution in [0.4, 0.5) is 4.39 Å². The predicted molar refractivity (Wildman–Crippen MR) is 68.3 cm³/mol. The van der Waals surface area contributed by atoms with E-state index in [-0.39, 0.29) is 6.67 Å². The Labute approximate surface area is 101 Å². The molecular formula is C14H18FNO. The molecule has 0 atom stereocenters. The number of hydrogen-bond donors (Lipinski definition) is 0. The Balaban J connectivity index is 2.28. The van der Waals surface area contributed by atoms with Crippen LogP contribution in [0.25, 0.3) is 10.9 Å². The van der Waals surface area contributed by atoms with Crippen molar-refractivity contribution in [1.82, 2.24) is 4.57 Å². The van der Waals surface area contributed by atoms with Crippen molar-refractivity contribution in [1.29, 1.82) is 0 Å². The zero-order chi connectivity index (χ0) is 12.1. The van der Waals surface area contributed by atoms with Crippen LogP contribution >= 0.6 is 0 Å². The molecule has 3 heteroatoms. The first-order valence-corrected chi connectivity index (χ1v) is 6.13. The van der Waals surface area contributed by atoms with Crippen molar-refractivity contribution in [3.8, 4) is 5.75 Å². The number of fused-ring (bicyclic) bond motifs is 1. The summed E-state index contributed by atoms with van der Waals surface area (Å²) in [5.41, 5.74) is 1.12. The number of rotatable bonds is 6. The second-order valence-electron chi connectivity index (χ2n) is 4.09. The van der Waals surface area contributed by atoms with Crippen molar-refractivity contribution in [3.05, 3.63) is 30.5 Å². The smallest absolute Gasteiger partial charge is 0.128 e. The Bertz CT molecular complexity index is 478. The minimum atomic E-state index is -0.272. The second kappa shape index (κ2) is 5.71. The van der Waals surface area contributed by atoms with Gasteiger partial charge >= 0.3 is 0 Å². The highest BCUT2D eigenvalue weighted by molar-refractivity contribution is 5.86. The molecule has 1 aromatic heterocycles. The molecule has 0 bridgehead atoms. The van der Waals surface area contributed by atoms with Gasteiger partial charge < -0.3 is 9.30 Å². The van der Waals surface area contributed by atoms with E-state index in [4.69, 9.17) is 4.74 Å². The van der Waals surface area contributed by atoms with Gasteiger partial charge in [0.1, 0.15) is 5.75 Å². The summed E-state index contributed by atoms with van der Waals surface area (Å²) < 4.78 is 20.0. The largest absolute Gasteiger partial charge is 0.493 e. The first kappa shape index (κ1) is 12.0. The van der Waals surface area contributed by atoms with Gasteiger partial charge in [-0.2, -0.15) is 0 Å². The van der Waals surface area contributed by atoms with Crippen LogP contribution in [0.5, 0.6) is 5.75 Å². The molecule has 0 fully saturated rings. The summed E-state index contributed by atoms with van der Waals surface area (Å²) >= 11 is 0. The van der Waals surface area contributed by atoms with E-state index in [1.54, 1.807) is 0 Å². The van der Waals surface area contributed by atoms with Crippen LogP contribution in [-0.4, -0.2) is 17.8 Å². The number of benzene rings is 1. The fourth-order valence-corrected chi connectivity index (χ4v) is 1.96. The van der Waals surface area contributed by atoms with Crippen molar-refractivity contribution in [3.63, 3.8) is 0 Å². The highest BCUT2D eigenvalue weighted by atomic mass is 19.1. The van der Waals surface area contributed by atoms with Gasteiger partial charge in [-0.1, -0.05) is 13.0 Å². The van der Waals surface area contributed by atoms with Crippen LogP contribution in [0.2, 0.25) is 0 Å². The molecule has 0 saturated carbocycles. The van der Waals surface area contributed by atoms with E-state index in [0.717, 1.165) is 36.2 Å². The second-order valence-corrected chi connectivity index (χ2v) is 4.09. The van der Waals surface area contributed by atoms with Gasteiger partial charge in [0.15, 0.2) is 0 Å². The number of halogens is 1. The molecule has 2 aromatic rings. The van der Waals surface area contributed by atoms with E-state index in [0.29, 0.717) is 6.42 Å². The van der Waals surface area contributed by atoms with Gasteiger partial charge in [-0.3, -0.25) is 4.39 Å². The Morgan fingerprint density at radius 1 is 1.29 bits per heavy atom. The monoisotopic (exact) mass is 235 g/mol. The molecule has 0 saturated heterocycles. The molecule has 92 valence electrons. The van der Waals surface area contributed by atoms with Crippen LogP contribution in [-0.2, 0) is 6.54 Å². The summed E-state index contributed by atoms with van der Waals surface area (Å²) in [5, 5.41) is 1.11. The SMILES string of the molecule is CCCOc1cccc2c1ccn2CCCF. The number of alkyl halides is 1. The molecule has 0 N–H and O–H groups in total. The van der Waals surface area contributed by atoms with E-state index < -0.39 is 0 Å². The minimum absolute atomic E-state index is 0.272. The van der Waals surface area contributed by atoms with E-state index in [9.17, 15) is 4.39 Å². The van der Waals surface area contributed by atoms with E-state index in [2.05, 4.69) is 11.5 Å². The van der Waals surface area contributed by atoms with Crippen LogP contribution in [0.3, 0.4) is 0 Å². The number of aromatic nitrogens is 1. The van der Waals surface area contributed by atoms with Gasteiger partial charge in [0.25, 0.3) is 0 Å². The fraction of sp³-hybridized carbons (Fsp3) is 0.429. The quantitative estimate of drug-likeness (QED) is 0.743.